The highest BCUT2D eigenvalue weighted by atomic mass is 16.6. The third-order valence-electron chi connectivity index (χ3n) is 2.92. The molecule has 1 aliphatic rings. The molecule has 6 nitrogen and oxygen atoms in total. The second kappa shape index (κ2) is 4.56. The van der Waals surface area contributed by atoms with E-state index in [0.717, 1.165) is 23.4 Å². The van der Waals surface area contributed by atoms with Gasteiger partial charge in [-0.05, 0) is 23.8 Å². The van der Waals surface area contributed by atoms with Gasteiger partial charge in [0.1, 0.15) is 11.6 Å². The molecule has 1 aromatic heterocycles. The van der Waals surface area contributed by atoms with Gasteiger partial charge in [0.05, 0.1) is 17.6 Å². The van der Waals surface area contributed by atoms with Crippen molar-refractivity contribution < 1.29 is 9.66 Å². The Hall–Kier alpha value is -2.63. The fourth-order valence-electron chi connectivity index (χ4n) is 2.01. The number of benzene rings is 1. The van der Waals surface area contributed by atoms with Gasteiger partial charge in [-0.2, -0.15) is 0 Å². The Labute approximate surface area is 109 Å². The van der Waals surface area contributed by atoms with Crippen LogP contribution in [0.2, 0.25) is 0 Å². The summed E-state index contributed by atoms with van der Waals surface area (Å²) in [7, 11) is 0. The summed E-state index contributed by atoms with van der Waals surface area (Å²) in [5.41, 5.74) is 2.00. The van der Waals surface area contributed by atoms with Crippen molar-refractivity contribution in [3.05, 3.63) is 52.2 Å². The molecule has 2 heterocycles. The number of hydrogen-bond acceptors (Lipinski definition) is 5. The van der Waals surface area contributed by atoms with Crippen LogP contribution in [0.5, 0.6) is 5.75 Å². The van der Waals surface area contributed by atoms with Crippen LogP contribution in [0.1, 0.15) is 5.56 Å². The number of ether oxygens (including phenoxy) is 1. The monoisotopic (exact) mass is 257 g/mol. The Kier molecular flexibility index (Phi) is 2.75. The maximum absolute atomic E-state index is 10.7. The van der Waals surface area contributed by atoms with Crippen molar-refractivity contribution >= 4 is 17.2 Å². The molecule has 6 heteroatoms. The van der Waals surface area contributed by atoms with E-state index in [1.54, 1.807) is 0 Å². The van der Waals surface area contributed by atoms with Crippen molar-refractivity contribution in [1.82, 2.24) is 4.98 Å². The maximum Gasteiger partial charge on any atom is 0.274 e. The average Bonchev–Trinajstić information content (AvgIpc) is 2.86. The summed E-state index contributed by atoms with van der Waals surface area (Å²) in [6.07, 6.45) is 2.30. The molecule has 0 spiro atoms. The number of pyridine rings is 1. The summed E-state index contributed by atoms with van der Waals surface area (Å²) in [5.74, 6) is 1.35. The smallest absolute Gasteiger partial charge is 0.274 e. The van der Waals surface area contributed by atoms with Crippen molar-refractivity contribution in [2.45, 2.75) is 6.42 Å². The van der Waals surface area contributed by atoms with Gasteiger partial charge in [0.2, 0.25) is 0 Å². The second-order valence-corrected chi connectivity index (χ2v) is 4.20. The molecule has 0 amide bonds. The van der Waals surface area contributed by atoms with Gasteiger partial charge in [-0.3, -0.25) is 10.1 Å². The van der Waals surface area contributed by atoms with Gasteiger partial charge < -0.3 is 10.1 Å². The van der Waals surface area contributed by atoms with Crippen molar-refractivity contribution in [2.75, 3.05) is 11.9 Å². The Balaban J connectivity index is 1.85. The highest BCUT2D eigenvalue weighted by Gasteiger charge is 2.12. The van der Waals surface area contributed by atoms with E-state index in [1.165, 1.54) is 18.3 Å². The predicted octanol–water partition coefficient (Wildman–Crippen LogP) is 2.67. The summed E-state index contributed by atoms with van der Waals surface area (Å²) in [5, 5.41) is 13.8. The molecule has 1 aromatic carbocycles. The number of aromatic nitrogens is 1. The van der Waals surface area contributed by atoms with Crippen LogP contribution in [0.15, 0.2) is 36.5 Å². The van der Waals surface area contributed by atoms with Crippen LogP contribution in [0.3, 0.4) is 0 Å². The largest absolute Gasteiger partial charge is 0.493 e. The number of rotatable bonds is 3. The molecule has 19 heavy (non-hydrogen) atoms. The lowest BCUT2D eigenvalue weighted by Crippen LogP contribution is -1.96. The fourth-order valence-corrected chi connectivity index (χ4v) is 2.01. The van der Waals surface area contributed by atoms with Gasteiger partial charge in [-0.15, -0.1) is 0 Å². The zero-order chi connectivity index (χ0) is 13.2. The standard InChI is InChI=1S/C13H11N3O3/c17-16(18)11-3-5-14-13(8-11)15-10-1-2-12-9(7-10)4-6-19-12/h1-3,5,7-8H,4,6H2,(H,14,15). The van der Waals surface area contributed by atoms with E-state index in [0.29, 0.717) is 12.4 Å². The third kappa shape index (κ3) is 2.33. The Bertz CT molecular complexity index is 643. The zero-order valence-electron chi connectivity index (χ0n) is 10.00. The maximum atomic E-state index is 10.7. The lowest BCUT2D eigenvalue weighted by molar-refractivity contribution is -0.384. The number of nitrogens with zero attached hydrogens (tertiary/aromatic N) is 2. The normalized spacial score (nSPS) is 12.6. The minimum absolute atomic E-state index is 0.0157. The first-order valence-corrected chi connectivity index (χ1v) is 5.85. The van der Waals surface area contributed by atoms with Crippen LogP contribution >= 0.6 is 0 Å². The predicted molar refractivity (Wildman–Crippen MR) is 69.8 cm³/mol. The van der Waals surface area contributed by atoms with Crippen molar-refractivity contribution in [3.8, 4) is 5.75 Å². The number of fused-ring (bicyclic) bond motifs is 1. The summed E-state index contributed by atoms with van der Waals surface area (Å²) >= 11 is 0. The molecule has 2 aromatic rings. The first-order chi connectivity index (χ1) is 9.22. The minimum Gasteiger partial charge on any atom is -0.493 e. The average molecular weight is 257 g/mol. The first-order valence-electron chi connectivity index (χ1n) is 5.85. The topological polar surface area (TPSA) is 77.3 Å². The summed E-state index contributed by atoms with van der Waals surface area (Å²) in [6, 6.07) is 8.50. The van der Waals surface area contributed by atoms with Gasteiger partial charge in [0.15, 0.2) is 0 Å². The molecule has 0 aliphatic carbocycles. The molecule has 1 aliphatic heterocycles. The lowest BCUT2D eigenvalue weighted by Gasteiger charge is -2.06. The number of hydrogen-bond donors (Lipinski definition) is 1. The van der Waals surface area contributed by atoms with Crippen molar-refractivity contribution in [1.29, 1.82) is 0 Å². The van der Waals surface area contributed by atoms with E-state index < -0.39 is 4.92 Å². The van der Waals surface area contributed by atoms with E-state index in [1.807, 2.05) is 18.2 Å². The van der Waals surface area contributed by atoms with E-state index in [2.05, 4.69) is 10.3 Å². The van der Waals surface area contributed by atoms with Crippen LogP contribution in [0.25, 0.3) is 0 Å². The molecule has 96 valence electrons. The highest BCUT2D eigenvalue weighted by molar-refractivity contribution is 5.61. The van der Waals surface area contributed by atoms with Crippen LogP contribution in [-0.4, -0.2) is 16.5 Å². The van der Waals surface area contributed by atoms with E-state index in [-0.39, 0.29) is 5.69 Å². The molecule has 0 radical (unpaired) electrons. The van der Waals surface area contributed by atoms with Crippen molar-refractivity contribution in [2.24, 2.45) is 0 Å². The molecular weight excluding hydrogens is 246 g/mol. The molecule has 3 rings (SSSR count). The molecule has 1 N–H and O–H groups in total. The second-order valence-electron chi connectivity index (χ2n) is 4.20. The number of nitrogens with one attached hydrogen (secondary N) is 1. The molecule has 0 saturated heterocycles. The van der Waals surface area contributed by atoms with Crippen LogP contribution in [0.4, 0.5) is 17.2 Å². The highest BCUT2D eigenvalue weighted by Crippen LogP contribution is 2.29. The van der Waals surface area contributed by atoms with Gasteiger partial charge in [-0.1, -0.05) is 0 Å². The quantitative estimate of drug-likeness (QED) is 0.675. The molecule has 0 atom stereocenters. The van der Waals surface area contributed by atoms with Gasteiger partial charge in [0, 0.05) is 24.4 Å². The Morgan fingerprint density at radius 3 is 3.05 bits per heavy atom. The van der Waals surface area contributed by atoms with E-state index in [4.69, 9.17) is 4.74 Å². The van der Waals surface area contributed by atoms with Gasteiger partial charge in [0.25, 0.3) is 5.69 Å². The van der Waals surface area contributed by atoms with Gasteiger partial charge in [-0.25, -0.2) is 4.98 Å². The SMILES string of the molecule is O=[N+]([O-])c1ccnc(Nc2ccc3c(c2)CCO3)c1. The molecule has 0 bridgehead atoms. The van der Waals surface area contributed by atoms with Crippen LogP contribution < -0.4 is 10.1 Å². The number of anilines is 2. The van der Waals surface area contributed by atoms with Crippen molar-refractivity contribution in [3.63, 3.8) is 0 Å². The lowest BCUT2D eigenvalue weighted by atomic mass is 10.1. The first kappa shape index (κ1) is 11.5. The Morgan fingerprint density at radius 1 is 1.32 bits per heavy atom. The molecule has 0 saturated carbocycles. The molecular formula is C13H11N3O3. The number of nitro groups is 1. The summed E-state index contributed by atoms with van der Waals surface area (Å²) < 4.78 is 5.42. The van der Waals surface area contributed by atoms with E-state index >= 15 is 0 Å². The minimum atomic E-state index is -0.441. The summed E-state index contributed by atoms with van der Waals surface area (Å²) in [4.78, 5) is 14.3. The zero-order valence-corrected chi connectivity index (χ0v) is 10.00. The summed E-state index contributed by atoms with van der Waals surface area (Å²) in [6.45, 7) is 0.702. The molecule has 0 fully saturated rings. The fraction of sp³-hybridized carbons (Fsp3) is 0.154. The van der Waals surface area contributed by atoms with Gasteiger partial charge >= 0.3 is 0 Å². The van der Waals surface area contributed by atoms with E-state index in [9.17, 15) is 10.1 Å². The van der Waals surface area contributed by atoms with Crippen LogP contribution in [0, 0.1) is 10.1 Å². The third-order valence-corrected chi connectivity index (χ3v) is 2.92. The Morgan fingerprint density at radius 2 is 2.21 bits per heavy atom. The molecule has 0 unspecified atom stereocenters. The van der Waals surface area contributed by atoms with Crippen LogP contribution in [-0.2, 0) is 6.42 Å².